The predicted molar refractivity (Wildman–Crippen MR) is 82.1 cm³/mol. The maximum absolute atomic E-state index is 11.7. The molecule has 5 nitrogen and oxygen atoms in total. The summed E-state index contributed by atoms with van der Waals surface area (Å²) < 4.78 is 24.7. The van der Waals surface area contributed by atoms with E-state index in [2.05, 4.69) is 15.9 Å². The minimum Gasteiger partial charge on any atom is -0.481 e. The third kappa shape index (κ3) is 4.17. The van der Waals surface area contributed by atoms with Gasteiger partial charge in [-0.05, 0) is 22.0 Å². The van der Waals surface area contributed by atoms with Crippen LogP contribution in [-0.4, -0.2) is 48.5 Å². The first kappa shape index (κ1) is 16.2. The fourth-order valence-electron chi connectivity index (χ4n) is 2.19. The van der Waals surface area contributed by atoms with Gasteiger partial charge in [-0.1, -0.05) is 11.6 Å². The molecule has 1 aliphatic rings. The van der Waals surface area contributed by atoms with Crippen molar-refractivity contribution < 1.29 is 18.3 Å². The van der Waals surface area contributed by atoms with Gasteiger partial charge in [-0.3, -0.25) is 9.69 Å². The highest BCUT2D eigenvalue weighted by molar-refractivity contribution is 9.10. The summed E-state index contributed by atoms with van der Waals surface area (Å²) in [6.07, 6.45) is -0.167. The third-order valence-corrected chi connectivity index (χ3v) is 7.27. The van der Waals surface area contributed by atoms with Crippen LogP contribution in [0.5, 0.6) is 0 Å². The number of halogens is 2. The number of sulfone groups is 1. The second-order valence-corrected chi connectivity index (χ2v) is 9.49. The van der Waals surface area contributed by atoms with E-state index in [1.807, 2.05) is 11.0 Å². The van der Waals surface area contributed by atoms with E-state index < -0.39 is 21.8 Å². The first-order valence-electron chi connectivity index (χ1n) is 5.87. The number of hydrogen-bond donors (Lipinski definition) is 1. The van der Waals surface area contributed by atoms with Crippen LogP contribution in [0, 0.1) is 0 Å². The fraction of sp³-hybridized carbons (Fsp3) is 0.545. The lowest BCUT2D eigenvalue weighted by Gasteiger charge is -2.34. The lowest BCUT2D eigenvalue weighted by atomic mass is 10.2. The van der Waals surface area contributed by atoms with E-state index in [1.165, 1.54) is 11.3 Å². The molecule has 9 heteroatoms. The van der Waals surface area contributed by atoms with Gasteiger partial charge in [0.25, 0.3) is 0 Å². The molecule has 112 valence electrons. The minimum atomic E-state index is -3.14. The van der Waals surface area contributed by atoms with Gasteiger partial charge in [-0.2, -0.15) is 0 Å². The van der Waals surface area contributed by atoms with Gasteiger partial charge in [0, 0.05) is 28.5 Å². The first-order chi connectivity index (χ1) is 9.27. The van der Waals surface area contributed by atoms with Crippen LogP contribution in [0.15, 0.2) is 10.5 Å². The summed E-state index contributed by atoms with van der Waals surface area (Å²) in [6, 6.07) is 1.40. The molecule has 0 saturated carbocycles. The Hall–Kier alpha value is -0.150. The summed E-state index contributed by atoms with van der Waals surface area (Å²) >= 11 is 10.7. The van der Waals surface area contributed by atoms with Crippen molar-refractivity contribution in [3.63, 3.8) is 0 Å². The summed E-state index contributed by atoms with van der Waals surface area (Å²) in [5, 5.41) is 8.92. The zero-order chi connectivity index (χ0) is 14.9. The number of carbonyl (C=O) groups is 1. The number of carboxylic acids is 1. The van der Waals surface area contributed by atoms with Gasteiger partial charge in [0.2, 0.25) is 0 Å². The van der Waals surface area contributed by atoms with Crippen molar-refractivity contribution in [2.24, 2.45) is 0 Å². The quantitative estimate of drug-likeness (QED) is 0.836. The molecule has 0 aromatic carbocycles. The first-order valence-corrected chi connectivity index (χ1v) is 9.68. The van der Waals surface area contributed by atoms with Crippen molar-refractivity contribution in [1.82, 2.24) is 4.90 Å². The highest BCUT2D eigenvalue weighted by atomic mass is 79.9. The predicted octanol–water partition coefficient (Wildman–Crippen LogP) is 2.24. The molecule has 2 rings (SSSR count). The molecule has 1 N–H and O–H groups in total. The Kier molecular flexibility index (Phi) is 5.12. The molecule has 1 aliphatic heterocycles. The molecule has 20 heavy (non-hydrogen) atoms. The zero-order valence-corrected chi connectivity index (χ0v) is 14.4. The topological polar surface area (TPSA) is 74.7 Å². The Morgan fingerprint density at radius 2 is 2.30 bits per heavy atom. The van der Waals surface area contributed by atoms with E-state index in [0.29, 0.717) is 17.4 Å². The van der Waals surface area contributed by atoms with E-state index in [0.717, 1.165) is 9.35 Å². The van der Waals surface area contributed by atoms with Crippen LogP contribution in [0.3, 0.4) is 0 Å². The number of aliphatic carboxylic acids is 1. The molecule has 0 bridgehead atoms. The average Bonchev–Trinajstić information content (AvgIpc) is 2.61. The van der Waals surface area contributed by atoms with Crippen molar-refractivity contribution in [2.75, 3.05) is 18.1 Å². The van der Waals surface area contributed by atoms with Crippen LogP contribution < -0.4 is 0 Å². The summed E-state index contributed by atoms with van der Waals surface area (Å²) in [5.41, 5.74) is 0. The van der Waals surface area contributed by atoms with Gasteiger partial charge >= 0.3 is 5.97 Å². The highest BCUT2D eigenvalue weighted by Crippen LogP contribution is 2.33. The Morgan fingerprint density at radius 3 is 2.85 bits per heavy atom. The molecule has 1 fully saturated rings. The molecule has 1 saturated heterocycles. The van der Waals surface area contributed by atoms with E-state index in [1.54, 1.807) is 0 Å². The van der Waals surface area contributed by atoms with E-state index in [-0.39, 0.29) is 17.9 Å². The Labute approximate surface area is 134 Å². The SMILES string of the molecule is O=C(O)CC1CS(=O)(=O)CCN1Cc1cc(Br)c(Cl)s1. The number of hydrogen-bond acceptors (Lipinski definition) is 5. The lowest BCUT2D eigenvalue weighted by Crippen LogP contribution is -2.48. The molecule has 2 heterocycles. The van der Waals surface area contributed by atoms with Crippen LogP contribution in [-0.2, 0) is 21.2 Å². The second kappa shape index (κ2) is 6.31. The number of carboxylic acid groups (broad SMARTS) is 1. The van der Waals surface area contributed by atoms with E-state index >= 15 is 0 Å². The Bertz CT molecular complexity index is 596. The van der Waals surface area contributed by atoms with Gasteiger partial charge in [0.15, 0.2) is 9.84 Å². The van der Waals surface area contributed by atoms with Crippen molar-refractivity contribution >= 4 is 54.7 Å². The molecule has 1 atom stereocenters. The molecule has 1 unspecified atom stereocenters. The molecule has 0 amide bonds. The summed E-state index contributed by atoms with van der Waals surface area (Å²) in [5.74, 6) is -1.01. The van der Waals surface area contributed by atoms with Crippen molar-refractivity contribution in [1.29, 1.82) is 0 Å². The van der Waals surface area contributed by atoms with Crippen LogP contribution >= 0.6 is 38.9 Å². The van der Waals surface area contributed by atoms with E-state index in [4.69, 9.17) is 16.7 Å². The van der Waals surface area contributed by atoms with Crippen LogP contribution in [0.4, 0.5) is 0 Å². The van der Waals surface area contributed by atoms with Crippen molar-refractivity contribution in [3.8, 4) is 0 Å². The summed E-state index contributed by atoms with van der Waals surface area (Å²) in [4.78, 5) is 13.8. The molecular weight excluding hydrogens is 390 g/mol. The highest BCUT2D eigenvalue weighted by Gasteiger charge is 2.32. The van der Waals surface area contributed by atoms with Gasteiger partial charge in [-0.25, -0.2) is 8.42 Å². The zero-order valence-electron chi connectivity index (χ0n) is 10.4. The van der Waals surface area contributed by atoms with Crippen LogP contribution in [0.2, 0.25) is 4.34 Å². The molecule has 1 aromatic rings. The minimum absolute atomic E-state index is 0.0728. The standard InChI is InChI=1S/C11H13BrClNO4S2/c12-9-4-8(19-11(9)13)5-14-1-2-20(17,18)6-7(14)3-10(15)16/h4,7H,1-3,5-6H2,(H,15,16). The largest absolute Gasteiger partial charge is 0.481 e. The number of rotatable bonds is 4. The summed E-state index contributed by atoms with van der Waals surface area (Å²) in [6.45, 7) is 0.872. The van der Waals surface area contributed by atoms with E-state index in [9.17, 15) is 13.2 Å². The molecule has 0 aliphatic carbocycles. The molecule has 1 aromatic heterocycles. The fourth-order valence-corrected chi connectivity index (χ4v) is 5.60. The molecule has 0 spiro atoms. The third-order valence-electron chi connectivity index (χ3n) is 3.12. The smallest absolute Gasteiger partial charge is 0.304 e. The van der Waals surface area contributed by atoms with Gasteiger partial charge in [-0.15, -0.1) is 11.3 Å². The van der Waals surface area contributed by atoms with Gasteiger partial charge < -0.3 is 5.11 Å². The molecule has 0 radical (unpaired) electrons. The van der Waals surface area contributed by atoms with Crippen molar-refractivity contribution in [2.45, 2.75) is 19.0 Å². The van der Waals surface area contributed by atoms with Crippen molar-refractivity contribution in [3.05, 3.63) is 19.8 Å². The molecular formula is C11H13BrClNO4S2. The maximum atomic E-state index is 11.7. The van der Waals surface area contributed by atoms with Gasteiger partial charge in [0.05, 0.1) is 17.9 Å². The van der Waals surface area contributed by atoms with Crippen LogP contribution in [0.1, 0.15) is 11.3 Å². The summed E-state index contributed by atoms with van der Waals surface area (Å²) in [7, 11) is -3.14. The van der Waals surface area contributed by atoms with Gasteiger partial charge in [0.1, 0.15) is 4.34 Å². The van der Waals surface area contributed by atoms with Crippen LogP contribution in [0.25, 0.3) is 0 Å². The Morgan fingerprint density at radius 1 is 1.60 bits per heavy atom. The monoisotopic (exact) mass is 401 g/mol. The average molecular weight is 403 g/mol. The maximum Gasteiger partial charge on any atom is 0.304 e. The lowest BCUT2D eigenvalue weighted by molar-refractivity contribution is -0.138. The number of thiophene rings is 1. The Balaban J connectivity index is 2.13. The number of nitrogens with zero attached hydrogens (tertiary/aromatic N) is 1. The second-order valence-electron chi connectivity index (χ2n) is 4.67. The normalized spacial score (nSPS) is 22.8.